The molecular formula is C46H51BrN2O4Se. The predicted octanol–water partition coefficient (Wildman–Crippen LogP) is 11.8. The van der Waals surface area contributed by atoms with Crippen molar-refractivity contribution in [3.8, 4) is 0 Å². The van der Waals surface area contributed by atoms with Gasteiger partial charge in [0, 0.05) is 0 Å². The summed E-state index contributed by atoms with van der Waals surface area (Å²) in [6, 6.07) is 9.81. The van der Waals surface area contributed by atoms with Crippen LogP contribution in [0.3, 0.4) is 0 Å². The quantitative estimate of drug-likeness (QED) is 0.0373. The van der Waals surface area contributed by atoms with Gasteiger partial charge in [-0.05, 0) is 0 Å². The summed E-state index contributed by atoms with van der Waals surface area (Å²) in [6.07, 6.45) is 16.0. The van der Waals surface area contributed by atoms with E-state index in [4.69, 9.17) is 0 Å². The first-order valence-corrected chi connectivity index (χ1v) is 23.2. The van der Waals surface area contributed by atoms with Crippen molar-refractivity contribution in [3.63, 3.8) is 0 Å². The number of aromatic nitrogens is 2. The summed E-state index contributed by atoms with van der Waals surface area (Å²) in [6.45, 7) is 8.74. The van der Waals surface area contributed by atoms with E-state index >= 15 is 0 Å². The van der Waals surface area contributed by atoms with Crippen LogP contribution in [-0.2, 0) is 0 Å². The molecule has 0 aliphatic heterocycles. The molecule has 0 saturated carbocycles. The number of unbranched alkanes of at least 4 members (excludes halogenated alkanes) is 8. The van der Waals surface area contributed by atoms with Crippen LogP contribution >= 0.6 is 15.9 Å². The Morgan fingerprint density at radius 2 is 0.852 bits per heavy atom. The minimum absolute atomic E-state index is 0.119. The molecule has 0 radical (unpaired) electrons. The van der Waals surface area contributed by atoms with Crippen molar-refractivity contribution in [2.45, 2.75) is 143 Å². The number of benzene rings is 5. The van der Waals surface area contributed by atoms with E-state index in [1.54, 1.807) is 9.13 Å². The van der Waals surface area contributed by atoms with Crippen molar-refractivity contribution < 1.29 is 0 Å². The number of rotatable bonds is 18. The predicted molar refractivity (Wildman–Crippen MR) is 234 cm³/mol. The Balaban J connectivity index is 1.44. The maximum absolute atomic E-state index is 14.7. The van der Waals surface area contributed by atoms with Gasteiger partial charge in [0.1, 0.15) is 0 Å². The van der Waals surface area contributed by atoms with E-state index < -0.39 is 0 Å². The van der Waals surface area contributed by atoms with E-state index in [9.17, 15) is 19.2 Å². The third kappa shape index (κ3) is 5.84. The van der Waals surface area contributed by atoms with Crippen LogP contribution in [0.25, 0.3) is 73.2 Å². The summed E-state index contributed by atoms with van der Waals surface area (Å²) in [5.41, 5.74) is -0.720. The number of fused-ring (bicyclic) bond motifs is 1. The molecule has 282 valence electrons. The van der Waals surface area contributed by atoms with E-state index in [2.05, 4.69) is 61.8 Å². The van der Waals surface area contributed by atoms with Crippen LogP contribution in [-0.4, -0.2) is 23.6 Å². The fourth-order valence-corrected chi connectivity index (χ4v) is 12.9. The van der Waals surface area contributed by atoms with Crippen molar-refractivity contribution in [2.75, 3.05) is 0 Å². The van der Waals surface area contributed by atoms with E-state index in [1.165, 1.54) is 0 Å². The first kappa shape index (κ1) is 37.6. The standard InChI is InChI=1S/C46H51BrN2O4Se/c1-5-9-13-17-26(18-14-10-6-2)48-43(50)29-22-21-28-38-33(47)23-30-37-32(46(53)49(44(30)51)27(19-15-11-7-3)20-16-12-8-4)25-35-41(42(37)38)40-34(54-35)24-31(45(48)52)36(29)39(28)40/h21-27H,5-20H2,1-4H3. The molecule has 0 N–H and O–H groups in total. The van der Waals surface area contributed by atoms with Crippen molar-refractivity contribution in [1.29, 1.82) is 0 Å². The van der Waals surface area contributed by atoms with Gasteiger partial charge in [-0.25, -0.2) is 0 Å². The normalized spacial score (nSPS) is 12.9. The monoisotopic (exact) mass is 854 g/mol. The van der Waals surface area contributed by atoms with Crippen molar-refractivity contribution in [1.82, 2.24) is 9.13 Å². The molecule has 8 heteroatoms. The molecule has 0 unspecified atom stereocenters. The average molecular weight is 855 g/mol. The summed E-state index contributed by atoms with van der Waals surface area (Å²) < 4.78 is 6.25. The van der Waals surface area contributed by atoms with Gasteiger partial charge in [0.05, 0.1) is 0 Å². The van der Waals surface area contributed by atoms with Crippen LogP contribution in [0.2, 0.25) is 0 Å². The maximum atomic E-state index is 14.7. The molecule has 0 atom stereocenters. The molecular weight excluding hydrogens is 803 g/mol. The van der Waals surface area contributed by atoms with Crippen LogP contribution < -0.4 is 22.2 Å². The minimum atomic E-state index is -0.193. The van der Waals surface area contributed by atoms with E-state index in [0.717, 1.165) is 159 Å². The Kier molecular flexibility index (Phi) is 10.7. The molecule has 0 bridgehead atoms. The molecule has 3 heterocycles. The number of nitrogens with zero attached hydrogens (tertiary/aromatic N) is 2. The van der Waals surface area contributed by atoms with Gasteiger partial charge in [0.2, 0.25) is 0 Å². The Bertz CT molecular complexity index is 2830. The zero-order valence-corrected chi connectivity index (χ0v) is 35.5. The average Bonchev–Trinajstić information content (AvgIpc) is 3.54. The summed E-state index contributed by atoms with van der Waals surface area (Å²) >= 11 is 3.77. The van der Waals surface area contributed by atoms with Crippen molar-refractivity contribution in [2.24, 2.45) is 0 Å². The van der Waals surface area contributed by atoms with E-state index in [0.29, 0.717) is 21.5 Å². The fraction of sp³-hybridized carbons (Fsp3) is 0.478. The van der Waals surface area contributed by atoms with Crippen LogP contribution in [0.5, 0.6) is 0 Å². The zero-order valence-electron chi connectivity index (χ0n) is 32.2. The molecule has 6 nitrogen and oxygen atoms in total. The molecule has 8 aromatic rings. The second-order valence-electron chi connectivity index (χ2n) is 15.9. The summed E-state index contributed by atoms with van der Waals surface area (Å²) in [5.74, 6) is 0. The van der Waals surface area contributed by atoms with Crippen molar-refractivity contribution >= 4 is 104 Å². The number of pyridine rings is 2. The molecule has 0 amide bonds. The van der Waals surface area contributed by atoms with Crippen LogP contribution in [0.4, 0.5) is 0 Å². The molecule has 8 rings (SSSR count). The Labute approximate surface area is 329 Å². The zero-order chi connectivity index (χ0) is 37.8. The number of hydrogen-bond donors (Lipinski definition) is 0. The molecule has 0 saturated heterocycles. The van der Waals surface area contributed by atoms with Gasteiger partial charge in [-0.1, -0.05) is 0 Å². The van der Waals surface area contributed by atoms with Gasteiger partial charge < -0.3 is 0 Å². The molecule has 0 aliphatic carbocycles. The Morgan fingerprint density at radius 1 is 0.463 bits per heavy atom. The van der Waals surface area contributed by atoms with E-state index in [1.807, 2.05) is 12.1 Å². The molecule has 3 aromatic heterocycles. The fourth-order valence-electron chi connectivity index (χ4n) is 9.74. The number of hydrogen-bond acceptors (Lipinski definition) is 4. The van der Waals surface area contributed by atoms with Gasteiger partial charge >= 0.3 is 331 Å². The van der Waals surface area contributed by atoms with Gasteiger partial charge in [0.15, 0.2) is 0 Å². The molecule has 54 heavy (non-hydrogen) atoms. The van der Waals surface area contributed by atoms with Crippen LogP contribution in [0, 0.1) is 0 Å². The Morgan fingerprint density at radius 3 is 1.31 bits per heavy atom. The van der Waals surface area contributed by atoms with E-state index in [-0.39, 0.29) is 48.8 Å². The molecule has 5 aromatic carbocycles. The second kappa shape index (κ2) is 15.3. The summed E-state index contributed by atoms with van der Waals surface area (Å²) in [4.78, 5) is 58.6. The van der Waals surface area contributed by atoms with Gasteiger partial charge in [-0.2, -0.15) is 0 Å². The summed E-state index contributed by atoms with van der Waals surface area (Å²) in [7, 11) is 0. The van der Waals surface area contributed by atoms with Crippen molar-refractivity contribution in [3.05, 3.63) is 76.2 Å². The van der Waals surface area contributed by atoms with Crippen LogP contribution in [0.1, 0.15) is 143 Å². The molecule has 0 spiro atoms. The topological polar surface area (TPSA) is 78.1 Å². The first-order chi connectivity index (χ1) is 26.3. The van der Waals surface area contributed by atoms with Crippen LogP contribution in [0.15, 0.2) is 54.0 Å². The second-order valence-corrected chi connectivity index (χ2v) is 19.0. The van der Waals surface area contributed by atoms with Gasteiger partial charge in [-0.15, -0.1) is 0 Å². The third-order valence-corrected chi connectivity index (χ3v) is 15.3. The molecule has 0 fully saturated rings. The van der Waals surface area contributed by atoms with Gasteiger partial charge in [0.25, 0.3) is 0 Å². The number of halogens is 1. The molecule has 0 aliphatic rings. The SMILES string of the molecule is CCCCCC(CCCCC)n1c(=O)c2ccc3c4c(Br)cc5c(=O)n(C(CCCCC)CCCCC)c(=O)c6cc7[se]c8cc(c1=O)c2c3c8c7c4c56. The summed E-state index contributed by atoms with van der Waals surface area (Å²) in [5, 5.41) is 9.93. The Hall–Kier alpha value is -3.32. The van der Waals surface area contributed by atoms with Gasteiger partial charge in [-0.3, -0.25) is 0 Å². The first-order valence-electron chi connectivity index (χ1n) is 20.7. The third-order valence-electron chi connectivity index (χ3n) is 12.4.